The van der Waals surface area contributed by atoms with Gasteiger partial charge in [0, 0.05) is 11.3 Å². The average molecular weight is 344 g/mol. The van der Waals surface area contributed by atoms with Gasteiger partial charge in [0.25, 0.3) is 6.43 Å². The Balaban J connectivity index is 0.00000151. The van der Waals surface area contributed by atoms with Gasteiger partial charge < -0.3 is 5.73 Å². The molecule has 0 spiro atoms. The Morgan fingerprint density at radius 3 is 2.28 bits per heavy atom. The van der Waals surface area contributed by atoms with Crippen LogP contribution in [0.2, 0.25) is 0 Å². The molecule has 132 valence electrons. The van der Waals surface area contributed by atoms with Gasteiger partial charge >= 0.3 is 0 Å². The lowest BCUT2D eigenvalue weighted by Crippen LogP contribution is -2.32. The van der Waals surface area contributed by atoms with Crippen LogP contribution in [0.15, 0.2) is 48.5 Å². The summed E-state index contributed by atoms with van der Waals surface area (Å²) in [6, 6.07) is 13.9. The topological polar surface area (TPSA) is 46.3 Å². The molecule has 0 aliphatic heterocycles. The monoisotopic (exact) mass is 344 g/mol. The smallest absolute Gasteiger partial charge is 0.299 e. The van der Waals surface area contributed by atoms with Gasteiger partial charge in [-0.2, -0.15) is 8.78 Å². The standard InChI is InChI=1S/C18H16F2N2O.C2H6/c1-13-6-9-15(10-7-13)22(18(23)12-21)16-5-3-2-4-14(16)8-11-17(19)20;1-2/h2-7,9-10,17H,12,21H2,1H3;1-2H3. The van der Waals surface area contributed by atoms with E-state index in [0.717, 1.165) is 5.56 Å². The summed E-state index contributed by atoms with van der Waals surface area (Å²) in [6.45, 7) is 5.73. The third kappa shape index (κ3) is 5.70. The molecular weight excluding hydrogens is 322 g/mol. The fraction of sp³-hybridized carbons (Fsp3) is 0.250. The molecule has 2 rings (SSSR count). The number of rotatable bonds is 3. The number of hydrogen-bond acceptors (Lipinski definition) is 2. The van der Waals surface area contributed by atoms with E-state index in [1.807, 2.05) is 38.8 Å². The molecule has 2 aromatic rings. The number of anilines is 2. The van der Waals surface area contributed by atoms with Crippen LogP contribution in [-0.2, 0) is 4.79 Å². The molecule has 3 nitrogen and oxygen atoms in total. The molecule has 0 aromatic heterocycles. The second-order valence-corrected chi connectivity index (χ2v) is 4.86. The van der Waals surface area contributed by atoms with Crippen LogP contribution >= 0.6 is 0 Å². The van der Waals surface area contributed by atoms with Crippen LogP contribution in [0.1, 0.15) is 25.0 Å². The minimum Gasteiger partial charge on any atom is -0.322 e. The van der Waals surface area contributed by atoms with E-state index in [9.17, 15) is 13.6 Å². The first-order chi connectivity index (χ1) is 12.0. The third-order valence-electron chi connectivity index (χ3n) is 3.18. The Bertz CT molecular complexity index is 746. The Hall–Kier alpha value is -2.71. The highest BCUT2D eigenvalue weighted by Gasteiger charge is 2.19. The van der Waals surface area contributed by atoms with E-state index in [1.54, 1.807) is 36.4 Å². The number of benzene rings is 2. The van der Waals surface area contributed by atoms with Crippen LogP contribution < -0.4 is 10.6 Å². The lowest BCUT2D eigenvalue weighted by atomic mass is 10.1. The maximum Gasteiger partial charge on any atom is 0.299 e. The minimum atomic E-state index is -2.74. The number of nitrogens with two attached hydrogens (primary N) is 1. The maximum atomic E-state index is 12.4. The van der Waals surface area contributed by atoms with Crippen molar-refractivity contribution in [2.75, 3.05) is 11.4 Å². The van der Waals surface area contributed by atoms with E-state index >= 15 is 0 Å². The van der Waals surface area contributed by atoms with E-state index in [1.165, 1.54) is 4.90 Å². The molecule has 0 unspecified atom stereocenters. The van der Waals surface area contributed by atoms with E-state index < -0.39 is 6.43 Å². The van der Waals surface area contributed by atoms with E-state index in [4.69, 9.17) is 5.73 Å². The molecule has 2 N–H and O–H groups in total. The molecule has 0 bridgehead atoms. The number of carbonyl (C=O) groups is 1. The molecule has 0 saturated heterocycles. The molecule has 0 atom stereocenters. The molecule has 25 heavy (non-hydrogen) atoms. The Morgan fingerprint density at radius 2 is 1.72 bits per heavy atom. The molecule has 0 fully saturated rings. The summed E-state index contributed by atoms with van der Waals surface area (Å²) in [6.07, 6.45) is -2.74. The summed E-state index contributed by atoms with van der Waals surface area (Å²) in [4.78, 5) is 13.7. The lowest BCUT2D eigenvalue weighted by molar-refractivity contribution is -0.116. The summed E-state index contributed by atoms with van der Waals surface area (Å²) in [7, 11) is 0. The Kier molecular flexibility index (Phi) is 8.31. The number of halogens is 2. The third-order valence-corrected chi connectivity index (χ3v) is 3.18. The van der Waals surface area contributed by atoms with Crippen molar-refractivity contribution >= 4 is 17.3 Å². The van der Waals surface area contributed by atoms with Crippen molar-refractivity contribution in [1.29, 1.82) is 0 Å². The first kappa shape index (κ1) is 20.3. The molecule has 2 aromatic carbocycles. The molecule has 5 heteroatoms. The van der Waals surface area contributed by atoms with Gasteiger partial charge in [0.05, 0.1) is 12.2 Å². The van der Waals surface area contributed by atoms with Gasteiger partial charge in [0.2, 0.25) is 5.91 Å². The normalized spacial score (nSPS) is 9.56. The van der Waals surface area contributed by atoms with Crippen LogP contribution in [0.4, 0.5) is 20.2 Å². The van der Waals surface area contributed by atoms with Crippen LogP contribution in [0, 0.1) is 18.8 Å². The van der Waals surface area contributed by atoms with Crippen molar-refractivity contribution in [1.82, 2.24) is 0 Å². The zero-order valence-electron chi connectivity index (χ0n) is 14.6. The number of alkyl halides is 2. The fourth-order valence-electron chi connectivity index (χ4n) is 2.11. The average Bonchev–Trinajstić information content (AvgIpc) is 2.64. The molecule has 1 amide bonds. The van der Waals surface area contributed by atoms with Gasteiger partial charge in [0.1, 0.15) is 0 Å². The van der Waals surface area contributed by atoms with Gasteiger partial charge in [-0.3, -0.25) is 9.69 Å². The van der Waals surface area contributed by atoms with Crippen molar-refractivity contribution < 1.29 is 13.6 Å². The highest BCUT2D eigenvalue weighted by Crippen LogP contribution is 2.28. The maximum absolute atomic E-state index is 12.4. The van der Waals surface area contributed by atoms with E-state index in [2.05, 4.69) is 5.92 Å². The Labute approximate surface area is 147 Å². The van der Waals surface area contributed by atoms with Crippen molar-refractivity contribution in [2.45, 2.75) is 27.2 Å². The van der Waals surface area contributed by atoms with Crippen molar-refractivity contribution in [2.24, 2.45) is 5.73 Å². The molecule has 0 aliphatic rings. The first-order valence-corrected chi connectivity index (χ1v) is 8.01. The van der Waals surface area contributed by atoms with Gasteiger partial charge in [0.15, 0.2) is 0 Å². The highest BCUT2D eigenvalue weighted by molar-refractivity contribution is 6.02. The SMILES string of the molecule is CC.Cc1ccc(N(C(=O)CN)c2ccccc2C#CC(F)F)cc1. The largest absolute Gasteiger partial charge is 0.322 e. The summed E-state index contributed by atoms with van der Waals surface area (Å²) in [5, 5.41) is 0. The molecule has 0 aliphatic carbocycles. The van der Waals surface area contributed by atoms with Crippen LogP contribution in [0.25, 0.3) is 0 Å². The molecule has 0 heterocycles. The lowest BCUT2D eigenvalue weighted by Gasteiger charge is -2.24. The number of aryl methyl sites for hydroxylation is 1. The quantitative estimate of drug-likeness (QED) is 0.846. The van der Waals surface area contributed by atoms with E-state index in [0.29, 0.717) is 16.9 Å². The predicted molar refractivity (Wildman–Crippen MR) is 98.1 cm³/mol. The molecule has 0 saturated carbocycles. The predicted octanol–water partition coefficient (Wildman–Crippen LogP) is 4.26. The number of amides is 1. The molecular formula is C20H22F2N2O. The Morgan fingerprint density at radius 1 is 1.12 bits per heavy atom. The second-order valence-electron chi connectivity index (χ2n) is 4.86. The fourth-order valence-corrected chi connectivity index (χ4v) is 2.11. The number of nitrogens with zero attached hydrogens (tertiary/aromatic N) is 1. The summed E-state index contributed by atoms with van der Waals surface area (Å²) < 4.78 is 24.7. The van der Waals surface area contributed by atoms with Crippen molar-refractivity contribution in [3.8, 4) is 11.8 Å². The highest BCUT2D eigenvalue weighted by atomic mass is 19.3. The number of hydrogen-bond donors (Lipinski definition) is 1. The summed E-state index contributed by atoms with van der Waals surface area (Å²) in [5.41, 5.74) is 7.93. The number of carbonyl (C=O) groups excluding carboxylic acids is 1. The zero-order valence-corrected chi connectivity index (χ0v) is 14.6. The molecule has 0 radical (unpaired) electrons. The number of para-hydroxylation sites is 1. The van der Waals surface area contributed by atoms with Gasteiger partial charge in [-0.1, -0.05) is 49.6 Å². The van der Waals surface area contributed by atoms with Gasteiger partial charge in [-0.05, 0) is 37.1 Å². The zero-order chi connectivity index (χ0) is 18.8. The van der Waals surface area contributed by atoms with E-state index in [-0.39, 0.29) is 12.5 Å². The van der Waals surface area contributed by atoms with Crippen molar-refractivity contribution in [3.05, 3.63) is 59.7 Å². The minimum absolute atomic E-state index is 0.204. The summed E-state index contributed by atoms with van der Waals surface area (Å²) in [5.74, 6) is 3.89. The van der Waals surface area contributed by atoms with Gasteiger partial charge in [-0.15, -0.1) is 0 Å². The van der Waals surface area contributed by atoms with Crippen LogP contribution in [0.5, 0.6) is 0 Å². The second kappa shape index (κ2) is 10.2. The summed E-state index contributed by atoms with van der Waals surface area (Å²) >= 11 is 0. The first-order valence-electron chi connectivity index (χ1n) is 8.01. The van der Waals surface area contributed by atoms with Crippen LogP contribution in [-0.4, -0.2) is 18.9 Å². The van der Waals surface area contributed by atoms with Crippen molar-refractivity contribution in [3.63, 3.8) is 0 Å². The van der Waals surface area contributed by atoms with Crippen LogP contribution in [0.3, 0.4) is 0 Å². The van der Waals surface area contributed by atoms with Gasteiger partial charge in [-0.25, -0.2) is 0 Å².